The smallest absolute Gasteiger partial charge is 0.219 e. The van der Waals surface area contributed by atoms with Crippen molar-refractivity contribution in [1.82, 2.24) is 15.2 Å². The second kappa shape index (κ2) is 3.45. The molecule has 0 fully saturated rings. The molecular weight excluding hydrogens is 220 g/mol. The van der Waals surface area contributed by atoms with Gasteiger partial charge in [0.25, 0.3) is 0 Å². The first-order valence-corrected chi connectivity index (χ1v) is 5.65. The molecular formula is C11H10N4S. The number of aromatic nitrogens is 3. The summed E-state index contributed by atoms with van der Waals surface area (Å²) in [5, 5.41) is 7.97. The molecule has 1 atom stereocenters. The summed E-state index contributed by atoms with van der Waals surface area (Å²) in [5.74, 6) is 1.19. The molecule has 1 N–H and O–H groups in total. The van der Waals surface area contributed by atoms with Crippen LogP contribution in [0.5, 0.6) is 0 Å². The maximum atomic E-state index is 4.93. The molecule has 1 aromatic heterocycles. The fourth-order valence-electron chi connectivity index (χ4n) is 1.92. The van der Waals surface area contributed by atoms with Gasteiger partial charge in [-0.1, -0.05) is 19.1 Å². The van der Waals surface area contributed by atoms with Crippen LogP contribution in [-0.4, -0.2) is 20.9 Å². The first-order chi connectivity index (χ1) is 7.78. The Labute approximate surface area is 97.8 Å². The maximum Gasteiger partial charge on any atom is 0.219 e. The number of rotatable bonds is 1. The number of fused-ring (bicyclic) bond motifs is 3. The second-order valence-corrected chi connectivity index (χ2v) is 4.22. The van der Waals surface area contributed by atoms with Gasteiger partial charge in [0.2, 0.25) is 4.77 Å². The summed E-state index contributed by atoms with van der Waals surface area (Å²) < 4.78 is 0.373. The van der Waals surface area contributed by atoms with E-state index in [0.717, 1.165) is 29.2 Å². The minimum atomic E-state index is 0.373. The summed E-state index contributed by atoms with van der Waals surface area (Å²) >= 11 is 4.93. The van der Waals surface area contributed by atoms with Crippen LogP contribution in [0.25, 0.3) is 5.57 Å². The Hall–Kier alpha value is -1.62. The highest BCUT2D eigenvalue weighted by Gasteiger charge is 2.24. The summed E-state index contributed by atoms with van der Waals surface area (Å²) in [4.78, 5) is 7.40. The van der Waals surface area contributed by atoms with Gasteiger partial charge in [-0.3, -0.25) is 0 Å². The SMILES string of the molecule is CCC1C=CC2=Nc3[nH]c(=S)nnc3C2=C1. The lowest BCUT2D eigenvalue weighted by molar-refractivity contribution is 0.774. The normalized spacial score (nSPS) is 21.2. The number of aromatic amines is 1. The van der Waals surface area contributed by atoms with E-state index in [0.29, 0.717) is 10.7 Å². The summed E-state index contributed by atoms with van der Waals surface area (Å²) in [5.41, 5.74) is 2.83. The highest BCUT2D eigenvalue weighted by molar-refractivity contribution is 7.71. The first-order valence-electron chi connectivity index (χ1n) is 5.24. The Bertz CT molecular complexity index is 594. The van der Waals surface area contributed by atoms with Crippen molar-refractivity contribution in [3.63, 3.8) is 0 Å². The second-order valence-electron chi connectivity index (χ2n) is 3.84. The van der Waals surface area contributed by atoms with E-state index in [1.54, 1.807) is 0 Å². The van der Waals surface area contributed by atoms with Crippen molar-refractivity contribution in [3.05, 3.63) is 28.7 Å². The monoisotopic (exact) mass is 230 g/mol. The largest absolute Gasteiger partial charge is 0.312 e. The van der Waals surface area contributed by atoms with Gasteiger partial charge >= 0.3 is 0 Å². The third kappa shape index (κ3) is 1.36. The van der Waals surface area contributed by atoms with Crippen LogP contribution in [-0.2, 0) is 0 Å². The van der Waals surface area contributed by atoms with E-state index < -0.39 is 0 Å². The molecule has 1 aromatic rings. The van der Waals surface area contributed by atoms with Gasteiger partial charge < -0.3 is 4.98 Å². The molecule has 0 radical (unpaired) electrons. The van der Waals surface area contributed by atoms with Crippen molar-refractivity contribution in [3.8, 4) is 0 Å². The van der Waals surface area contributed by atoms with Crippen LogP contribution < -0.4 is 0 Å². The molecule has 0 saturated heterocycles. The molecule has 0 spiro atoms. The van der Waals surface area contributed by atoms with Gasteiger partial charge in [-0.2, -0.15) is 0 Å². The highest BCUT2D eigenvalue weighted by atomic mass is 32.1. The van der Waals surface area contributed by atoms with E-state index in [1.807, 2.05) is 6.08 Å². The Kier molecular flexibility index (Phi) is 2.07. The minimum Gasteiger partial charge on any atom is -0.312 e. The number of nitrogens with zero attached hydrogens (tertiary/aromatic N) is 3. The predicted octanol–water partition coefficient (Wildman–Crippen LogP) is 2.60. The molecule has 1 unspecified atom stereocenters. The molecule has 1 aliphatic carbocycles. The average Bonchev–Trinajstić information content (AvgIpc) is 2.65. The van der Waals surface area contributed by atoms with Crippen LogP contribution in [0.15, 0.2) is 23.2 Å². The quantitative estimate of drug-likeness (QED) is 0.754. The van der Waals surface area contributed by atoms with Crippen LogP contribution in [0.1, 0.15) is 19.0 Å². The number of hydrogen-bond acceptors (Lipinski definition) is 4. The zero-order valence-corrected chi connectivity index (χ0v) is 9.58. The van der Waals surface area contributed by atoms with Crippen LogP contribution in [0, 0.1) is 10.7 Å². The van der Waals surface area contributed by atoms with E-state index >= 15 is 0 Å². The molecule has 4 nitrogen and oxygen atoms in total. The van der Waals surface area contributed by atoms with Crippen molar-refractivity contribution in [1.29, 1.82) is 0 Å². The van der Waals surface area contributed by atoms with Gasteiger partial charge in [0.1, 0.15) is 5.69 Å². The predicted molar refractivity (Wildman–Crippen MR) is 65.2 cm³/mol. The topological polar surface area (TPSA) is 53.9 Å². The zero-order chi connectivity index (χ0) is 11.1. The van der Waals surface area contributed by atoms with Gasteiger partial charge in [0.05, 0.1) is 5.71 Å². The number of nitrogens with one attached hydrogen (secondary N) is 1. The van der Waals surface area contributed by atoms with Crippen molar-refractivity contribution < 1.29 is 0 Å². The molecule has 3 rings (SSSR count). The molecule has 80 valence electrons. The van der Waals surface area contributed by atoms with E-state index in [1.165, 1.54) is 0 Å². The number of allylic oxidation sites excluding steroid dienone is 4. The van der Waals surface area contributed by atoms with Crippen molar-refractivity contribution in [2.45, 2.75) is 13.3 Å². The summed E-state index contributed by atoms with van der Waals surface area (Å²) in [7, 11) is 0. The van der Waals surface area contributed by atoms with Crippen LogP contribution in [0.4, 0.5) is 5.82 Å². The Morgan fingerprint density at radius 1 is 1.44 bits per heavy atom. The first kappa shape index (κ1) is 9.59. The van der Waals surface area contributed by atoms with Gasteiger partial charge in [0.15, 0.2) is 5.82 Å². The molecule has 0 saturated carbocycles. The lowest BCUT2D eigenvalue weighted by atomic mass is 9.93. The Morgan fingerprint density at radius 2 is 2.31 bits per heavy atom. The van der Waals surface area contributed by atoms with E-state index in [4.69, 9.17) is 12.2 Å². The van der Waals surface area contributed by atoms with E-state index in [-0.39, 0.29) is 0 Å². The maximum absolute atomic E-state index is 4.93. The molecule has 0 aromatic carbocycles. The number of aliphatic imine (C=N–C) groups is 1. The van der Waals surface area contributed by atoms with Gasteiger partial charge in [0, 0.05) is 5.57 Å². The van der Waals surface area contributed by atoms with Gasteiger partial charge in [-0.15, -0.1) is 10.2 Å². The molecule has 0 bridgehead atoms. The molecule has 2 heterocycles. The zero-order valence-electron chi connectivity index (χ0n) is 8.77. The molecule has 2 aliphatic rings. The average molecular weight is 230 g/mol. The van der Waals surface area contributed by atoms with E-state index in [2.05, 4.69) is 39.2 Å². The fourth-order valence-corrected chi connectivity index (χ4v) is 2.06. The molecule has 0 amide bonds. The van der Waals surface area contributed by atoms with Crippen LogP contribution >= 0.6 is 12.2 Å². The van der Waals surface area contributed by atoms with Crippen LogP contribution in [0.2, 0.25) is 0 Å². The standard InChI is InChI=1S/C11H10N4S/c1-2-6-3-4-8-7(5-6)9-10(12-8)13-11(16)15-14-9/h3-6H,2H2,1H3,(H,13,15,16). The molecule has 5 heteroatoms. The molecule has 16 heavy (non-hydrogen) atoms. The fraction of sp³-hybridized carbons (Fsp3) is 0.273. The van der Waals surface area contributed by atoms with Gasteiger partial charge in [-0.05, 0) is 30.6 Å². The lowest BCUT2D eigenvalue weighted by Crippen LogP contribution is -2.05. The number of H-pyrrole nitrogens is 1. The third-order valence-electron chi connectivity index (χ3n) is 2.81. The van der Waals surface area contributed by atoms with Crippen molar-refractivity contribution in [2.24, 2.45) is 10.9 Å². The summed E-state index contributed by atoms with van der Waals surface area (Å²) in [6, 6.07) is 0. The Morgan fingerprint density at radius 3 is 3.12 bits per heavy atom. The van der Waals surface area contributed by atoms with Gasteiger partial charge in [-0.25, -0.2) is 4.99 Å². The molecule has 1 aliphatic heterocycles. The lowest BCUT2D eigenvalue weighted by Gasteiger charge is -2.11. The van der Waals surface area contributed by atoms with Crippen molar-refractivity contribution in [2.75, 3.05) is 0 Å². The summed E-state index contributed by atoms with van der Waals surface area (Å²) in [6.07, 6.45) is 7.48. The highest BCUT2D eigenvalue weighted by Crippen LogP contribution is 2.34. The Balaban J connectivity index is 2.17. The minimum absolute atomic E-state index is 0.373. The van der Waals surface area contributed by atoms with Crippen LogP contribution in [0.3, 0.4) is 0 Å². The summed E-state index contributed by atoms with van der Waals surface area (Å²) in [6.45, 7) is 2.16. The van der Waals surface area contributed by atoms with Crippen molar-refractivity contribution >= 4 is 29.3 Å². The number of hydrogen-bond donors (Lipinski definition) is 1. The third-order valence-corrected chi connectivity index (χ3v) is 2.99. The van der Waals surface area contributed by atoms with E-state index in [9.17, 15) is 0 Å².